The SMILES string of the molecule is O=C(N[C@H]1CCCC[C@H]1C(=O)NCC[C@H](O)C(=O)O)OCC1c2ccccc2-c2ccccc21. The van der Waals surface area contributed by atoms with E-state index in [0.29, 0.717) is 12.8 Å². The van der Waals surface area contributed by atoms with Crippen LogP contribution in [0.3, 0.4) is 0 Å². The zero-order valence-electron chi connectivity index (χ0n) is 18.9. The van der Waals surface area contributed by atoms with Crippen LogP contribution in [0.4, 0.5) is 4.79 Å². The number of ether oxygens (including phenoxy) is 1. The number of aliphatic hydroxyl groups is 1. The Labute approximate surface area is 198 Å². The summed E-state index contributed by atoms with van der Waals surface area (Å²) < 4.78 is 5.63. The van der Waals surface area contributed by atoms with Crippen LogP contribution in [0.2, 0.25) is 0 Å². The fourth-order valence-electron chi connectivity index (χ4n) is 5.00. The van der Waals surface area contributed by atoms with Crippen LogP contribution in [0, 0.1) is 5.92 Å². The number of aliphatic carboxylic acids is 1. The molecule has 180 valence electrons. The molecule has 34 heavy (non-hydrogen) atoms. The van der Waals surface area contributed by atoms with Crippen molar-refractivity contribution in [3.05, 3.63) is 59.7 Å². The third-order valence-corrected chi connectivity index (χ3v) is 6.75. The van der Waals surface area contributed by atoms with Crippen LogP contribution < -0.4 is 10.6 Å². The van der Waals surface area contributed by atoms with Crippen LogP contribution in [0.5, 0.6) is 0 Å². The van der Waals surface area contributed by atoms with Gasteiger partial charge in [0, 0.05) is 24.9 Å². The van der Waals surface area contributed by atoms with E-state index in [4.69, 9.17) is 9.84 Å². The van der Waals surface area contributed by atoms with Crippen molar-refractivity contribution in [1.82, 2.24) is 10.6 Å². The lowest BCUT2D eigenvalue weighted by Crippen LogP contribution is -2.49. The predicted octanol–water partition coefficient (Wildman–Crippen LogP) is 3.04. The number of amides is 2. The topological polar surface area (TPSA) is 125 Å². The molecule has 0 aliphatic heterocycles. The number of benzene rings is 2. The van der Waals surface area contributed by atoms with Crippen molar-refractivity contribution in [2.24, 2.45) is 5.92 Å². The average molecular weight is 467 g/mol. The molecule has 0 aromatic heterocycles. The van der Waals surface area contributed by atoms with Crippen molar-refractivity contribution in [2.45, 2.75) is 50.2 Å². The van der Waals surface area contributed by atoms with E-state index in [1.54, 1.807) is 0 Å². The Morgan fingerprint density at radius 3 is 2.24 bits per heavy atom. The van der Waals surface area contributed by atoms with E-state index in [2.05, 4.69) is 34.9 Å². The van der Waals surface area contributed by atoms with Gasteiger partial charge in [0.25, 0.3) is 0 Å². The van der Waals surface area contributed by atoms with Crippen LogP contribution in [0.15, 0.2) is 48.5 Å². The van der Waals surface area contributed by atoms with Crippen molar-refractivity contribution < 1.29 is 29.3 Å². The van der Waals surface area contributed by atoms with Gasteiger partial charge in [-0.3, -0.25) is 4.79 Å². The van der Waals surface area contributed by atoms with Gasteiger partial charge in [0.05, 0.1) is 5.92 Å². The highest BCUT2D eigenvalue weighted by molar-refractivity contribution is 5.81. The van der Waals surface area contributed by atoms with Gasteiger partial charge in [-0.05, 0) is 35.1 Å². The maximum absolute atomic E-state index is 12.7. The van der Waals surface area contributed by atoms with E-state index >= 15 is 0 Å². The van der Waals surface area contributed by atoms with Gasteiger partial charge in [-0.1, -0.05) is 61.4 Å². The number of hydrogen-bond donors (Lipinski definition) is 4. The van der Waals surface area contributed by atoms with Gasteiger partial charge in [0.1, 0.15) is 6.61 Å². The quantitative estimate of drug-likeness (QED) is 0.474. The van der Waals surface area contributed by atoms with Gasteiger partial charge in [0.15, 0.2) is 6.10 Å². The summed E-state index contributed by atoms with van der Waals surface area (Å²) in [6.45, 7) is 0.261. The van der Waals surface area contributed by atoms with Gasteiger partial charge < -0.3 is 25.6 Å². The Morgan fingerprint density at radius 1 is 0.971 bits per heavy atom. The van der Waals surface area contributed by atoms with E-state index in [9.17, 15) is 19.5 Å². The first-order valence-corrected chi connectivity index (χ1v) is 11.8. The number of aliphatic hydroxyl groups excluding tert-OH is 1. The standard InChI is InChI=1S/C26H30N2O6/c29-23(25(31)32)13-14-27-24(30)20-11-5-6-12-22(20)28-26(33)34-15-21-18-9-3-1-7-16(18)17-8-2-4-10-19(17)21/h1-4,7-10,20-23,29H,5-6,11-15H2,(H,27,30)(H,28,33)(H,31,32)/t20-,22+,23+/m1/s1. The lowest BCUT2D eigenvalue weighted by atomic mass is 9.84. The number of carbonyl (C=O) groups excluding carboxylic acids is 2. The van der Waals surface area contributed by atoms with E-state index in [0.717, 1.165) is 35.1 Å². The molecule has 1 saturated carbocycles. The molecule has 4 rings (SSSR count). The Kier molecular flexibility index (Phi) is 7.47. The summed E-state index contributed by atoms with van der Waals surface area (Å²) in [6.07, 6.45) is 0.934. The Bertz CT molecular complexity index is 1010. The van der Waals surface area contributed by atoms with Crippen LogP contribution in [0.25, 0.3) is 11.1 Å². The van der Waals surface area contributed by atoms with Gasteiger partial charge in [0.2, 0.25) is 5.91 Å². The second-order valence-corrected chi connectivity index (χ2v) is 8.90. The normalized spacial score (nSPS) is 20.0. The molecule has 0 spiro atoms. The molecular formula is C26H30N2O6. The number of fused-ring (bicyclic) bond motifs is 3. The lowest BCUT2D eigenvalue weighted by Gasteiger charge is -2.31. The monoisotopic (exact) mass is 466 g/mol. The minimum absolute atomic E-state index is 0.0377. The summed E-state index contributed by atoms with van der Waals surface area (Å²) in [5.41, 5.74) is 4.58. The van der Waals surface area contributed by atoms with Gasteiger partial charge in [-0.2, -0.15) is 0 Å². The summed E-state index contributed by atoms with van der Waals surface area (Å²) in [5, 5.41) is 23.7. The Morgan fingerprint density at radius 2 is 1.59 bits per heavy atom. The molecule has 2 amide bonds. The summed E-state index contributed by atoms with van der Waals surface area (Å²) >= 11 is 0. The van der Waals surface area contributed by atoms with Crippen molar-refractivity contribution in [3.8, 4) is 11.1 Å². The molecule has 4 N–H and O–H groups in total. The Hall–Kier alpha value is -3.39. The molecule has 1 fully saturated rings. The minimum atomic E-state index is -1.51. The fourth-order valence-corrected chi connectivity index (χ4v) is 5.00. The highest BCUT2D eigenvalue weighted by Crippen LogP contribution is 2.44. The maximum atomic E-state index is 12.7. The fraction of sp³-hybridized carbons (Fsp3) is 0.423. The molecule has 0 saturated heterocycles. The third kappa shape index (κ3) is 5.22. The molecule has 2 aromatic carbocycles. The van der Waals surface area contributed by atoms with Gasteiger partial charge in [-0.25, -0.2) is 9.59 Å². The number of nitrogens with one attached hydrogen (secondary N) is 2. The molecule has 0 unspecified atom stereocenters. The van der Waals surface area contributed by atoms with E-state index in [1.807, 2.05) is 24.3 Å². The highest BCUT2D eigenvalue weighted by Gasteiger charge is 2.33. The molecule has 0 radical (unpaired) electrons. The van der Waals surface area contributed by atoms with Crippen molar-refractivity contribution >= 4 is 18.0 Å². The van der Waals surface area contributed by atoms with Gasteiger partial charge >= 0.3 is 12.1 Å². The second kappa shape index (κ2) is 10.7. The van der Waals surface area contributed by atoms with Gasteiger partial charge in [-0.15, -0.1) is 0 Å². The first-order chi connectivity index (χ1) is 16.5. The molecule has 8 nitrogen and oxygen atoms in total. The second-order valence-electron chi connectivity index (χ2n) is 8.90. The minimum Gasteiger partial charge on any atom is -0.479 e. The summed E-state index contributed by atoms with van der Waals surface area (Å²) in [7, 11) is 0. The number of alkyl carbamates (subject to hydrolysis) is 1. The van der Waals surface area contributed by atoms with Crippen molar-refractivity contribution in [3.63, 3.8) is 0 Å². The summed E-state index contributed by atoms with van der Waals surface area (Å²) in [6, 6.07) is 15.9. The number of rotatable bonds is 8. The number of carboxylic acids is 1. The molecule has 2 aromatic rings. The van der Waals surface area contributed by atoms with Crippen LogP contribution >= 0.6 is 0 Å². The average Bonchev–Trinajstić information content (AvgIpc) is 3.16. The molecule has 0 bridgehead atoms. The molecule has 3 atom stereocenters. The first kappa shape index (κ1) is 23.8. The molecule has 0 heterocycles. The molecule has 2 aliphatic rings. The van der Waals surface area contributed by atoms with Crippen molar-refractivity contribution in [2.75, 3.05) is 13.2 Å². The van der Waals surface area contributed by atoms with Crippen LogP contribution in [-0.4, -0.2) is 53.5 Å². The lowest BCUT2D eigenvalue weighted by molar-refractivity contribution is -0.147. The van der Waals surface area contributed by atoms with E-state index in [1.165, 1.54) is 0 Å². The third-order valence-electron chi connectivity index (χ3n) is 6.75. The number of carbonyl (C=O) groups is 3. The molecule has 2 aliphatic carbocycles. The zero-order valence-corrected chi connectivity index (χ0v) is 18.9. The largest absolute Gasteiger partial charge is 0.479 e. The van der Waals surface area contributed by atoms with Crippen LogP contribution in [-0.2, 0) is 14.3 Å². The van der Waals surface area contributed by atoms with Crippen molar-refractivity contribution in [1.29, 1.82) is 0 Å². The highest BCUT2D eigenvalue weighted by atomic mass is 16.5. The summed E-state index contributed by atoms with van der Waals surface area (Å²) in [4.78, 5) is 36.0. The zero-order chi connectivity index (χ0) is 24.1. The number of hydrogen-bond acceptors (Lipinski definition) is 5. The maximum Gasteiger partial charge on any atom is 0.407 e. The predicted molar refractivity (Wildman–Crippen MR) is 125 cm³/mol. The van der Waals surface area contributed by atoms with E-state index in [-0.39, 0.29) is 37.4 Å². The Balaban J connectivity index is 1.33. The van der Waals surface area contributed by atoms with E-state index < -0.39 is 24.1 Å². The molecule has 8 heteroatoms. The summed E-state index contributed by atoms with van der Waals surface area (Å²) in [5.74, 6) is -2.02. The van der Waals surface area contributed by atoms with Crippen LogP contribution in [0.1, 0.15) is 49.1 Å². The smallest absolute Gasteiger partial charge is 0.407 e. The number of carboxylic acid groups (broad SMARTS) is 1. The molecular weight excluding hydrogens is 436 g/mol. The first-order valence-electron chi connectivity index (χ1n) is 11.8.